The monoisotopic (exact) mass is 397 g/mol. The van der Waals surface area contributed by atoms with Crippen LogP contribution in [-0.4, -0.2) is 60.9 Å². The summed E-state index contributed by atoms with van der Waals surface area (Å²) in [5.74, 6) is -0.00133. The van der Waals surface area contributed by atoms with Crippen LogP contribution in [0.3, 0.4) is 0 Å². The molecule has 1 heterocycles. The zero-order chi connectivity index (χ0) is 18.9. The number of unbranched alkanes of at least 4 members (excludes halogenated alkanes) is 1. The first-order valence-corrected chi connectivity index (χ1v) is 9.66. The lowest BCUT2D eigenvalue weighted by molar-refractivity contribution is -0.128. The van der Waals surface area contributed by atoms with Crippen LogP contribution >= 0.6 is 23.2 Å². The van der Waals surface area contributed by atoms with Gasteiger partial charge in [-0.25, -0.2) is 0 Å². The van der Waals surface area contributed by atoms with E-state index in [9.17, 15) is 9.59 Å². The Labute approximate surface area is 164 Å². The molecule has 5 nitrogen and oxygen atoms in total. The predicted molar refractivity (Wildman–Crippen MR) is 106 cm³/mol. The van der Waals surface area contributed by atoms with Gasteiger partial charge in [-0.15, -0.1) is 0 Å². The zero-order valence-corrected chi connectivity index (χ0v) is 16.5. The maximum atomic E-state index is 12.3. The zero-order valence-electron chi connectivity index (χ0n) is 15.0. The quantitative estimate of drug-likeness (QED) is 0.568. The largest absolute Gasteiger partial charge is 0.355 e. The number of rotatable bonds is 7. The second kappa shape index (κ2) is 10.6. The summed E-state index contributed by atoms with van der Waals surface area (Å²) in [5, 5.41) is 4.00. The molecule has 26 heavy (non-hydrogen) atoms. The molecule has 1 aliphatic rings. The SMILES string of the molecule is CCCCNC(=O)CN1CCN(C(=O)/C=C/c2ccc(Cl)cc2Cl)CC1. The Balaban J connectivity index is 1.77. The van der Waals surface area contributed by atoms with Crippen molar-refractivity contribution >= 4 is 41.1 Å². The van der Waals surface area contributed by atoms with Crippen LogP contribution in [-0.2, 0) is 9.59 Å². The lowest BCUT2D eigenvalue weighted by Gasteiger charge is -2.33. The van der Waals surface area contributed by atoms with Crippen molar-refractivity contribution in [2.45, 2.75) is 19.8 Å². The van der Waals surface area contributed by atoms with E-state index >= 15 is 0 Å². The van der Waals surface area contributed by atoms with Crippen molar-refractivity contribution in [1.82, 2.24) is 15.1 Å². The molecule has 0 radical (unpaired) electrons. The molecule has 1 aliphatic heterocycles. The molecule has 7 heteroatoms. The summed E-state index contributed by atoms with van der Waals surface area (Å²) in [6, 6.07) is 5.17. The van der Waals surface area contributed by atoms with E-state index in [1.54, 1.807) is 29.2 Å². The molecule has 0 unspecified atom stereocenters. The molecule has 0 saturated carbocycles. The van der Waals surface area contributed by atoms with Crippen molar-refractivity contribution in [3.63, 3.8) is 0 Å². The Morgan fingerprint density at radius 2 is 1.92 bits per heavy atom. The Morgan fingerprint density at radius 1 is 1.19 bits per heavy atom. The van der Waals surface area contributed by atoms with Crippen LogP contribution in [0.2, 0.25) is 10.0 Å². The number of hydrogen-bond donors (Lipinski definition) is 1. The summed E-state index contributed by atoms with van der Waals surface area (Å²) in [6.07, 6.45) is 5.30. The van der Waals surface area contributed by atoms with Crippen molar-refractivity contribution < 1.29 is 9.59 Å². The van der Waals surface area contributed by atoms with Gasteiger partial charge in [0.1, 0.15) is 0 Å². The van der Waals surface area contributed by atoms with Gasteiger partial charge in [0.15, 0.2) is 0 Å². The number of piperazine rings is 1. The molecule has 2 amide bonds. The number of benzene rings is 1. The molecule has 0 spiro atoms. The van der Waals surface area contributed by atoms with E-state index in [0.717, 1.165) is 24.9 Å². The minimum Gasteiger partial charge on any atom is -0.355 e. The molecule has 1 aromatic rings. The van der Waals surface area contributed by atoms with Gasteiger partial charge in [-0.3, -0.25) is 14.5 Å². The minimum atomic E-state index is -0.0527. The Hall–Kier alpha value is -1.56. The first-order valence-electron chi connectivity index (χ1n) is 8.90. The first kappa shape index (κ1) is 20.7. The van der Waals surface area contributed by atoms with Crippen LogP contribution < -0.4 is 5.32 Å². The molecule has 0 bridgehead atoms. The molecule has 142 valence electrons. The van der Waals surface area contributed by atoms with E-state index in [0.29, 0.717) is 42.8 Å². The smallest absolute Gasteiger partial charge is 0.246 e. The molecule has 1 fully saturated rings. The lowest BCUT2D eigenvalue weighted by atomic mass is 10.2. The lowest BCUT2D eigenvalue weighted by Crippen LogP contribution is -2.50. The van der Waals surface area contributed by atoms with E-state index in [-0.39, 0.29) is 11.8 Å². The maximum Gasteiger partial charge on any atom is 0.246 e. The highest BCUT2D eigenvalue weighted by Gasteiger charge is 2.21. The van der Waals surface area contributed by atoms with Crippen molar-refractivity contribution in [3.05, 3.63) is 39.9 Å². The van der Waals surface area contributed by atoms with E-state index in [4.69, 9.17) is 23.2 Å². The van der Waals surface area contributed by atoms with Gasteiger partial charge in [0, 0.05) is 48.8 Å². The van der Waals surface area contributed by atoms with Gasteiger partial charge in [-0.1, -0.05) is 42.6 Å². The third kappa shape index (κ3) is 6.63. The number of amides is 2. The van der Waals surface area contributed by atoms with E-state index in [1.807, 2.05) is 0 Å². The first-order chi connectivity index (χ1) is 12.5. The second-order valence-electron chi connectivity index (χ2n) is 6.30. The molecule has 1 N–H and O–H groups in total. The van der Waals surface area contributed by atoms with Crippen LogP contribution in [0.1, 0.15) is 25.3 Å². The van der Waals surface area contributed by atoms with Crippen LogP contribution in [0, 0.1) is 0 Å². The Kier molecular flexibility index (Phi) is 8.42. The summed E-state index contributed by atoms with van der Waals surface area (Å²) in [4.78, 5) is 28.0. The average Bonchev–Trinajstić information content (AvgIpc) is 2.61. The third-order valence-corrected chi connectivity index (χ3v) is 4.83. The summed E-state index contributed by atoms with van der Waals surface area (Å²) < 4.78 is 0. The van der Waals surface area contributed by atoms with E-state index < -0.39 is 0 Å². The normalized spacial score (nSPS) is 15.4. The second-order valence-corrected chi connectivity index (χ2v) is 7.15. The number of carbonyl (C=O) groups is 2. The van der Waals surface area contributed by atoms with Crippen molar-refractivity contribution in [1.29, 1.82) is 0 Å². The van der Waals surface area contributed by atoms with Crippen LogP contribution in [0.15, 0.2) is 24.3 Å². The van der Waals surface area contributed by atoms with Crippen LogP contribution in [0.25, 0.3) is 6.08 Å². The van der Waals surface area contributed by atoms with Crippen molar-refractivity contribution in [2.24, 2.45) is 0 Å². The molecular weight excluding hydrogens is 373 g/mol. The van der Waals surface area contributed by atoms with Gasteiger partial charge in [-0.2, -0.15) is 0 Å². The number of nitrogens with zero attached hydrogens (tertiary/aromatic N) is 2. The fourth-order valence-electron chi connectivity index (χ4n) is 2.69. The standard InChI is InChI=1S/C19H25Cl2N3O2/c1-2-3-8-22-18(25)14-23-9-11-24(12-10-23)19(26)7-5-15-4-6-16(20)13-17(15)21/h4-7,13H,2-3,8-12,14H2,1H3,(H,22,25)/b7-5+. The number of halogens is 2. The third-order valence-electron chi connectivity index (χ3n) is 4.27. The average molecular weight is 398 g/mol. The fraction of sp³-hybridized carbons (Fsp3) is 0.474. The van der Waals surface area contributed by atoms with E-state index in [1.165, 1.54) is 6.08 Å². The van der Waals surface area contributed by atoms with Gasteiger partial charge in [-0.05, 0) is 30.2 Å². The van der Waals surface area contributed by atoms with E-state index in [2.05, 4.69) is 17.1 Å². The highest BCUT2D eigenvalue weighted by molar-refractivity contribution is 6.35. The number of hydrogen-bond acceptors (Lipinski definition) is 3. The molecule has 0 aromatic heterocycles. The summed E-state index contributed by atoms with van der Waals surface area (Å²) in [5.41, 5.74) is 0.756. The predicted octanol–water partition coefficient (Wildman–Crippen LogP) is 3.07. The molecule has 1 aromatic carbocycles. The molecule has 2 rings (SSSR count). The summed E-state index contributed by atoms with van der Waals surface area (Å²) >= 11 is 12.0. The molecule has 0 aliphatic carbocycles. The van der Waals surface area contributed by atoms with Gasteiger partial charge < -0.3 is 10.2 Å². The molecular formula is C19H25Cl2N3O2. The summed E-state index contributed by atoms with van der Waals surface area (Å²) in [7, 11) is 0. The van der Waals surface area contributed by atoms with Gasteiger partial charge in [0.05, 0.1) is 6.54 Å². The maximum absolute atomic E-state index is 12.3. The highest BCUT2D eigenvalue weighted by atomic mass is 35.5. The minimum absolute atomic E-state index is 0.0514. The van der Waals surface area contributed by atoms with Crippen LogP contribution in [0.5, 0.6) is 0 Å². The number of nitrogens with one attached hydrogen (secondary N) is 1. The van der Waals surface area contributed by atoms with Crippen molar-refractivity contribution in [2.75, 3.05) is 39.3 Å². The Bertz CT molecular complexity index is 656. The topological polar surface area (TPSA) is 52.7 Å². The Morgan fingerprint density at radius 3 is 2.58 bits per heavy atom. The summed E-state index contributed by atoms with van der Waals surface area (Å²) in [6.45, 7) is 5.83. The van der Waals surface area contributed by atoms with Crippen molar-refractivity contribution in [3.8, 4) is 0 Å². The number of carbonyl (C=O) groups excluding carboxylic acids is 2. The molecule has 0 atom stereocenters. The van der Waals surface area contributed by atoms with Gasteiger partial charge in [0.2, 0.25) is 11.8 Å². The van der Waals surface area contributed by atoms with Gasteiger partial charge >= 0.3 is 0 Å². The molecule has 1 saturated heterocycles. The highest BCUT2D eigenvalue weighted by Crippen LogP contribution is 2.22. The van der Waals surface area contributed by atoms with Gasteiger partial charge in [0.25, 0.3) is 0 Å². The van der Waals surface area contributed by atoms with Crippen LogP contribution in [0.4, 0.5) is 0 Å². The fourth-order valence-corrected chi connectivity index (χ4v) is 3.16.